The van der Waals surface area contributed by atoms with E-state index in [0.717, 1.165) is 0 Å². The van der Waals surface area contributed by atoms with Crippen LogP contribution >= 0.6 is 0 Å². The molecular formula is C15H36OSi3. The van der Waals surface area contributed by atoms with Gasteiger partial charge < -0.3 is 4.43 Å². The van der Waals surface area contributed by atoms with Gasteiger partial charge in [-0.25, -0.2) is 0 Å². The summed E-state index contributed by atoms with van der Waals surface area (Å²) in [4.78, 5) is 0. The number of hydrogen-bond donors (Lipinski definition) is 0. The molecule has 1 fully saturated rings. The van der Waals surface area contributed by atoms with Crippen LogP contribution < -0.4 is 0 Å². The van der Waals surface area contributed by atoms with E-state index in [4.69, 9.17) is 4.43 Å². The van der Waals surface area contributed by atoms with E-state index >= 15 is 0 Å². The molecule has 0 N–H and O–H groups in total. The number of rotatable bonds is 6. The molecule has 1 aliphatic rings. The Morgan fingerprint density at radius 1 is 0.842 bits per heavy atom. The van der Waals surface area contributed by atoms with Gasteiger partial charge in [0.15, 0.2) is 7.83 Å². The van der Waals surface area contributed by atoms with Crippen molar-refractivity contribution in [3.63, 3.8) is 0 Å². The Morgan fingerprint density at radius 2 is 1.37 bits per heavy atom. The van der Waals surface area contributed by atoms with E-state index in [1.54, 1.807) is 0 Å². The summed E-state index contributed by atoms with van der Waals surface area (Å²) in [5.74, 6) is 0. The topological polar surface area (TPSA) is 9.23 Å². The predicted octanol–water partition coefficient (Wildman–Crippen LogP) is 5.52. The lowest BCUT2D eigenvalue weighted by Crippen LogP contribution is -2.80. The largest absolute Gasteiger partial charge is 0.417 e. The molecule has 0 aliphatic carbocycles. The Hall–Kier alpha value is 0.611. The van der Waals surface area contributed by atoms with E-state index in [2.05, 4.69) is 48.1 Å². The molecule has 0 saturated carbocycles. The maximum atomic E-state index is 6.86. The van der Waals surface area contributed by atoms with Crippen molar-refractivity contribution in [2.45, 2.75) is 96.9 Å². The third kappa shape index (κ3) is 2.47. The third-order valence-electron chi connectivity index (χ3n) is 6.76. The Morgan fingerprint density at radius 3 is 1.68 bits per heavy atom. The second-order valence-electron chi connectivity index (χ2n) is 6.71. The molecule has 19 heavy (non-hydrogen) atoms. The van der Waals surface area contributed by atoms with Gasteiger partial charge in [0.2, 0.25) is 0 Å². The zero-order chi connectivity index (χ0) is 14.7. The highest BCUT2D eigenvalue weighted by atomic mass is 29.6. The van der Waals surface area contributed by atoms with Crippen LogP contribution in [0, 0.1) is 0 Å². The highest BCUT2D eigenvalue weighted by Gasteiger charge is 2.65. The zero-order valence-electron chi connectivity index (χ0n) is 14.4. The molecular weight excluding hydrogens is 280 g/mol. The molecule has 4 heteroatoms. The minimum Gasteiger partial charge on any atom is -0.417 e. The first-order chi connectivity index (χ1) is 8.94. The molecule has 1 rings (SSSR count). The lowest BCUT2D eigenvalue weighted by atomic mass is 10.3. The molecule has 1 nitrogen and oxygen atoms in total. The van der Waals surface area contributed by atoms with Crippen LogP contribution in [0.3, 0.4) is 0 Å². The summed E-state index contributed by atoms with van der Waals surface area (Å²) >= 11 is 0. The Balaban J connectivity index is 3.38. The normalized spacial score (nSPS) is 33.3. The van der Waals surface area contributed by atoms with Crippen LogP contribution in [0.25, 0.3) is 0 Å². The van der Waals surface area contributed by atoms with Crippen LogP contribution in [0.2, 0.25) is 42.8 Å². The monoisotopic (exact) mass is 316 g/mol. The standard InChI is InChI=1S/C15H36OSi3/c1-8-15-14-18(10-3,11-4)19(12-5,13-6)17(7,9-2)16-15/h15H,8-14H2,1-7H3. The minimum absolute atomic E-state index is 0.613. The number of hydrogen-bond acceptors (Lipinski definition) is 1. The molecule has 0 aromatic heterocycles. The van der Waals surface area contributed by atoms with Crippen LogP contribution in [-0.4, -0.2) is 28.6 Å². The van der Waals surface area contributed by atoms with Crippen LogP contribution in [0.5, 0.6) is 0 Å². The lowest BCUT2D eigenvalue weighted by molar-refractivity contribution is 0.207. The lowest BCUT2D eigenvalue weighted by Gasteiger charge is -2.61. The van der Waals surface area contributed by atoms with Crippen LogP contribution in [-0.2, 0) is 4.43 Å². The fourth-order valence-corrected chi connectivity index (χ4v) is 54.0. The Kier molecular flexibility index (Phi) is 6.12. The third-order valence-corrected chi connectivity index (χ3v) is 49.5. The summed E-state index contributed by atoms with van der Waals surface area (Å²) in [5, 5.41) is 0. The smallest absolute Gasteiger partial charge is 0.174 e. The van der Waals surface area contributed by atoms with E-state index in [0.29, 0.717) is 6.10 Å². The summed E-state index contributed by atoms with van der Waals surface area (Å²) in [7, 11) is -3.69. The molecule has 0 spiro atoms. The highest BCUT2D eigenvalue weighted by Crippen LogP contribution is 2.49. The summed E-state index contributed by atoms with van der Waals surface area (Å²) in [5.41, 5.74) is 0. The summed E-state index contributed by atoms with van der Waals surface area (Å²) in [6.07, 6.45) is 1.86. The molecule has 0 aromatic rings. The Labute approximate surface area is 124 Å². The van der Waals surface area contributed by atoms with Crippen molar-refractivity contribution >= 4 is 22.5 Å². The van der Waals surface area contributed by atoms with Crippen LogP contribution in [0.4, 0.5) is 0 Å². The molecule has 0 bridgehead atoms. The van der Waals surface area contributed by atoms with Crippen molar-refractivity contribution in [1.82, 2.24) is 0 Å². The van der Waals surface area contributed by atoms with Gasteiger partial charge in [-0.1, -0.05) is 65.7 Å². The van der Waals surface area contributed by atoms with E-state index in [1.807, 2.05) is 0 Å². The minimum atomic E-state index is -1.45. The average molecular weight is 317 g/mol. The summed E-state index contributed by atoms with van der Waals surface area (Å²) in [6.45, 7) is 17.5. The van der Waals surface area contributed by atoms with Crippen molar-refractivity contribution in [3.8, 4) is 0 Å². The van der Waals surface area contributed by atoms with Crippen molar-refractivity contribution in [3.05, 3.63) is 0 Å². The average Bonchev–Trinajstić information content (AvgIpc) is 2.46. The van der Waals surface area contributed by atoms with Gasteiger partial charge >= 0.3 is 0 Å². The fourth-order valence-electron chi connectivity index (χ4n) is 5.33. The molecule has 1 saturated heterocycles. The van der Waals surface area contributed by atoms with Crippen LogP contribution in [0.15, 0.2) is 0 Å². The summed E-state index contributed by atoms with van der Waals surface area (Å²) < 4.78 is 6.86. The molecule has 2 atom stereocenters. The van der Waals surface area contributed by atoms with Crippen molar-refractivity contribution in [2.75, 3.05) is 0 Å². The first-order valence-electron chi connectivity index (χ1n) is 8.62. The van der Waals surface area contributed by atoms with E-state index in [-0.39, 0.29) is 0 Å². The maximum Gasteiger partial charge on any atom is 0.174 e. The van der Waals surface area contributed by atoms with Gasteiger partial charge in [0.05, 0.1) is 14.7 Å². The molecule has 0 amide bonds. The highest BCUT2D eigenvalue weighted by molar-refractivity contribution is 7.69. The SMILES string of the molecule is CCC1C[Si](CC)(CC)[Si](CC)(CC)[Si](C)(CC)O1. The molecule has 114 valence electrons. The van der Waals surface area contributed by atoms with Gasteiger partial charge in [0.25, 0.3) is 0 Å². The molecule has 2 unspecified atom stereocenters. The zero-order valence-corrected chi connectivity index (χ0v) is 17.4. The van der Waals surface area contributed by atoms with Crippen LogP contribution in [0.1, 0.15) is 48.0 Å². The maximum absolute atomic E-state index is 6.86. The summed E-state index contributed by atoms with van der Waals surface area (Å²) in [6, 6.07) is 8.92. The first kappa shape index (κ1) is 17.7. The van der Waals surface area contributed by atoms with Gasteiger partial charge in [0.1, 0.15) is 0 Å². The second kappa shape index (κ2) is 6.58. The van der Waals surface area contributed by atoms with Crippen molar-refractivity contribution in [1.29, 1.82) is 0 Å². The van der Waals surface area contributed by atoms with Gasteiger partial charge in [-0.3, -0.25) is 0 Å². The van der Waals surface area contributed by atoms with Crippen molar-refractivity contribution < 1.29 is 4.43 Å². The van der Waals surface area contributed by atoms with E-state index in [9.17, 15) is 0 Å². The van der Waals surface area contributed by atoms with Gasteiger partial charge in [-0.15, -0.1) is 0 Å². The van der Waals surface area contributed by atoms with E-state index < -0.39 is 22.5 Å². The van der Waals surface area contributed by atoms with Gasteiger partial charge in [0, 0.05) is 6.10 Å². The molecule has 0 radical (unpaired) electrons. The van der Waals surface area contributed by atoms with Crippen molar-refractivity contribution in [2.24, 2.45) is 0 Å². The van der Waals surface area contributed by atoms with Gasteiger partial charge in [-0.2, -0.15) is 0 Å². The van der Waals surface area contributed by atoms with E-state index in [1.165, 1.54) is 42.7 Å². The molecule has 1 heterocycles. The van der Waals surface area contributed by atoms with Gasteiger partial charge in [-0.05, 0) is 25.1 Å². The second-order valence-corrected chi connectivity index (χ2v) is 31.7. The predicted molar refractivity (Wildman–Crippen MR) is 95.5 cm³/mol. The first-order valence-corrected chi connectivity index (χ1v) is 18.3. The fraction of sp³-hybridized carbons (Fsp3) is 1.00. The molecule has 0 aromatic carbocycles. The quantitative estimate of drug-likeness (QED) is 0.586. The molecule has 1 aliphatic heterocycles. The Bertz CT molecular complexity index is 287.